The average Bonchev–Trinajstić information content (AvgIpc) is 2.85. The number of halogens is 2. The van der Waals surface area contributed by atoms with Gasteiger partial charge in [0.1, 0.15) is 11.3 Å². The van der Waals surface area contributed by atoms with Crippen LogP contribution in [0.15, 0.2) is 18.2 Å². The predicted molar refractivity (Wildman–Crippen MR) is 91.5 cm³/mol. The highest BCUT2D eigenvalue weighted by molar-refractivity contribution is 6.35. The second-order valence-electron chi connectivity index (χ2n) is 5.40. The minimum Gasteiger partial charge on any atom is -0.323 e. The number of nitrogens with zero attached hydrogens (tertiary/aromatic N) is 3. The van der Waals surface area contributed by atoms with Crippen LogP contribution < -0.4 is 0 Å². The van der Waals surface area contributed by atoms with Gasteiger partial charge in [-0.3, -0.25) is 0 Å². The van der Waals surface area contributed by atoms with Crippen molar-refractivity contribution in [3.8, 4) is 0 Å². The number of para-hydroxylation sites is 1. The van der Waals surface area contributed by atoms with Crippen molar-refractivity contribution in [2.75, 3.05) is 19.6 Å². The highest BCUT2D eigenvalue weighted by atomic mass is 35.5. The summed E-state index contributed by atoms with van der Waals surface area (Å²) in [6.45, 7) is 11.6. The van der Waals surface area contributed by atoms with Crippen LogP contribution in [0.2, 0.25) is 5.02 Å². The van der Waals surface area contributed by atoms with E-state index in [0.717, 1.165) is 36.5 Å². The van der Waals surface area contributed by atoms with Crippen LogP contribution in [0, 0.1) is 0 Å². The van der Waals surface area contributed by atoms with E-state index in [-0.39, 0.29) is 5.38 Å². The molecule has 0 N–H and O–H groups in total. The van der Waals surface area contributed by atoms with Gasteiger partial charge in [0.2, 0.25) is 0 Å². The fraction of sp³-hybridized carbons (Fsp3) is 0.562. The van der Waals surface area contributed by atoms with Gasteiger partial charge >= 0.3 is 0 Å². The van der Waals surface area contributed by atoms with E-state index in [4.69, 9.17) is 23.2 Å². The lowest BCUT2D eigenvalue weighted by Gasteiger charge is -2.25. The van der Waals surface area contributed by atoms with Gasteiger partial charge in [-0.25, -0.2) is 4.98 Å². The van der Waals surface area contributed by atoms with E-state index in [9.17, 15) is 0 Å². The van der Waals surface area contributed by atoms with Gasteiger partial charge in [-0.05, 0) is 39.1 Å². The van der Waals surface area contributed by atoms with Gasteiger partial charge in [-0.2, -0.15) is 0 Å². The summed E-state index contributed by atoms with van der Waals surface area (Å²) in [6.07, 6.45) is 0. The lowest BCUT2D eigenvalue weighted by molar-refractivity contribution is 0.261. The number of rotatable bonds is 6. The summed E-state index contributed by atoms with van der Waals surface area (Å²) in [5.41, 5.74) is 1.90. The van der Waals surface area contributed by atoms with Crippen LogP contribution in [0.5, 0.6) is 0 Å². The number of hydrogen-bond donors (Lipinski definition) is 0. The van der Waals surface area contributed by atoms with Gasteiger partial charge < -0.3 is 9.47 Å². The zero-order valence-electron chi connectivity index (χ0n) is 13.1. The molecule has 2 aromatic rings. The molecule has 21 heavy (non-hydrogen) atoms. The Labute approximate surface area is 136 Å². The maximum atomic E-state index is 6.34. The summed E-state index contributed by atoms with van der Waals surface area (Å²) in [4.78, 5) is 7.08. The number of imidazole rings is 1. The SMILES string of the molecule is CCN(CC)CC(C)n1c(C(C)Cl)nc2c(Cl)cccc21. The van der Waals surface area contributed by atoms with Gasteiger partial charge in [0.05, 0.1) is 15.9 Å². The van der Waals surface area contributed by atoms with E-state index >= 15 is 0 Å². The summed E-state index contributed by atoms with van der Waals surface area (Å²) in [6, 6.07) is 6.20. The standard InChI is InChI=1S/C16H23Cl2N3/c1-5-20(6-2)10-11(3)21-14-9-7-8-13(18)15(14)19-16(21)12(4)17/h7-9,11-12H,5-6,10H2,1-4H3. The second-order valence-corrected chi connectivity index (χ2v) is 6.46. The van der Waals surface area contributed by atoms with E-state index in [2.05, 4.69) is 41.3 Å². The number of likely N-dealkylation sites (N-methyl/N-ethyl adjacent to an activating group) is 1. The van der Waals surface area contributed by atoms with Crippen molar-refractivity contribution < 1.29 is 0 Å². The van der Waals surface area contributed by atoms with Crippen molar-refractivity contribution in [1.82, 2.24) is 14.5 Å². The predicted octanol–water partition coefficient (Wildman–Crippen LogP) is 4.89. The number of fused-ring (bicyclic) bond motifs is 1. The molecule has 0 spiro atoms. The first-order valence-corrected chi connectivity index (χ1v) is 8.33. The van der Waals surface area contributed by atoms with Crippen molar-refractivity contribution in [2.45, 2.75) is 39.1 Å². The Kier molecular flexibility index (Phi) is 5.53. The smallest absolute Gasteiger partial charge is 0.128 e. The molecular weight excluding hydrogens is 305 g/mol. The molecule has 0 amide bonds. The number of alkyl halides is 1. The third kappa shape index (κ3) is 3.36. The Balaban J connectivity index is 2.50. The minimum atomic E-state index is -0.146. The van der Waals surface area contributed by atoms with Crippen LogP contribution in [-0.2, 0) is 0 Å². The molecule has 0 aliphatic rings. The summed E-state index contributed by atoms with van der Waals surface area (Å²) >= 11 is 12.6. The van der Waals surface area contributed by atoms with Crippen LogP contribution in [0.1, 0.15) is 44.9 Å². The van der Waals surface area contributed by atoms with Crippen LogP contribution in [0.4, 0.5) is 0 Å². The fourth-order valence-electron chi connectivity index (χ4n) is 2.78. The molecule has 0 fully saturated rings. The number of aromatic nitrogens is 2. The zero-order chi connectivity index (χ0) is 15.6. The van der Waals surface area contributed by atoms with E-state index in [1.54, 1.807) is 0 Å². The van der Waals surface area contributed by atoms with Crippen LogP contribution in [0.25, 0.3) is 11.0 Å². The van der Waals surface area contributed by atoms with E-state index < -0.39 is 0 Å². The molecular formula is C16H23Cl2N3. The van der Waals surface area contributed by atoms with Gasteiger partial charge in [-0.1, -0.05) is 31.5 Å². The summed E-state index contributed by atoms with van der Waals surface area (Å²) in [5.74, 6) is 0.888. The Hall–Kier alpha value is -0.770. The Morgan fingerprint density at radius 1 is 1.24 bits per heavy atom. The summed E-state index contributed by atoms with van der Waals surface area (Å²) < 4.78 is 2.23. The molecule has 2 rings (SSSR count). The fourth-order valence-corrected chi connectivity index (χ4v) is 3.15. The van der Waals surface area contributed by atoms with Gasteiger partial charge in [-0.15, -0.1) is 11.6 Å². The van der Waals surface area contributed by atoms with Crippen molar-refractivity contribution in [3.63, 3.8) is 0 Å². The molecule has 0 aliphatic carbocycles. The lowest BCUT2D eigenvalue weighted by Crippen LogP contribution is -2.30. The Morgan fingerprint density at radius 2 is 1.90 bits per heavy atom. The quantitative estimate of drug-likeness (QED) is 0.704. The first kappa shape index (κ1) is 16.6. The molecule has 1 aromatic carbocycles. The zero-order valence-corrected chi connectivity index (χ0v) is 14.6. The third-order valence-electron chi connectivity index (χ3n) is 3.91. The molecule has 116 valence electrons. The van der Waals surface area contributed by atoms with Crippen molar-refractivity contribution in [2.24, 2.45) is 0 Å². The summed E-state index contributed by atoms with van der Waals surface area (Å²) in [7, 11) is 0. The topological polar surface area (TPSA) is 21.1 Å². The Bertz CT molecular complexity index is 603. The summed E-state index contributed by atoms with van der Waals surface area (Å²) in [5, 5.41) is 0.535. The molecule has 0 saturated heterocycles. The molecule has 1 aromatic heterocycles. The highest BCUT2D eigenvalue weighted by Crippen LogP contribution is 2.31. The molecule has 1 heterocycles. The molecule has 0 aliphatic heterocycles. The normalized spacial score (nSPS) is 14.8. The first-order valence-electron chi connectivity index (χ1n) is 7.52. The lowest BCUT2D eigenvalue weighted by atomic mass is 10.2. The van der Waals surface area contributed by atoms with Crippen LogP contribution >= 0.6 is 23.2 Å². The van der Waals surface area contributed by atoms with Crippen molar-refractivity contribution in [3.05, 3.63) is 29.0 Å². The van der Waals surface area contributed by atoms with E-state index in [1.807, 2.05) is 19.1 Å². The van der Waals surface area contributed by atoms with Gasteiger partial charge in [0, 0.05) is 12.6 Å². The maximum Gasteiger partial charge on any atom is 0.128 e. The number of hydrogen-bond acceptors (Lipinski definition) is 2. The molecule has 0 bridgehead atoms. The molecule has 2 atom stereocenters. The number of benzene rings is 1. The largest absolute Gasteiger partial charge is 0.323 e. The molecule has 0 saturated carbocycles. The monoisotopic (exact) mass is 327 g/mol. The van der Waals surface area contributed by atoms with Crippen LogP contribution in [-0.4, -0.2) is 34.1 Å². The van der Waals surface area contributed by atoms with Gasteiger partial charge in [0.25, 0.3) is 0 Å². The van der Waals surface area contributed by atoms with Gasteiger partial charge in [0.15, 0.2) is 0 Å². The van der Waals surface area contributed by atoms with Crippen molar-refractivity contribution in [1.29, 1.82) is 0 Å². The molecule has 2 unspecified atom stereocenters. The second kappa shape index (κ2) is 6.99. The van der Waals surface area contributed by atoms with Crippen molar-refractivity contribution >= 4 is 34.2 Å². The van der Waals surface area contributed by atoms with E-state index in [0.29, 0.717) is 11.1 Å². The minimum absolute atomic E-state index is 0.146. The first-order chi connectivity index (χ1) is 9.99. The molecule has 5 heteroatoms. The van der Waals surface area contributed by atoms with E-state index in [1.165, 1.54) is 0 Å². The molecule has 3 nitrogen and oxygen atoms in total. The highest BCUT2D eigenvalue weighted by Gasteiger charge is 2.21. The molecule has 0 radical (unpaired) electrons. The third-order valence-corrected chi connectivity index (χ3v) is 4.41. The average molecular weight is 328 g/mol. The maximum absolute atomic E-state index is 6.34. The van der Waals surface area contributed by atoms with Crippen LogP contribution in [0.3, 0.4) is 0 Å². The Morgan fingerprint density at radius 3 is 2.48 bits per heavy atom.